The third kappa shape index (κ3) is 3.49. The normalized spacial score (nSPS) is 19.8. The highest BCUT2D eigenvalue weighted by molar-refractivity contribution is 5.52. The summed E-state index contributed by atoms with van der Waals surface area (Å²) in [7, 11) is 0. The fraction of sp³-hybridized carbons (Fsp3) is 0.500. The predicted octanol–water partition coefficient (Wildman–Crippen LogP) is 2.25. The molecule has 1 saturated heterocycles. The molecule has 1 fully saturated rings. The largest absolute Gasteiger partial charge is 0.419 e. The van der Waals surface area contributed by atoms with Crippen molar-refractivity contribution in [2.75, 3.05) is 19.7 Å². The van der Waals surface area contributed by atoms with E-state index in [-0.39, 0.29) is 6.61 Å². The van der Waals surface area contributed by atoms with Crippen LogP contribution in [0.5, 0.6) is 0 Å². The van der Waals surface area contributed by atoms with Crippen molar-refractivity contribution in [1.82, 2.24) is 15.1 Å². The smallest absolute Gasteiger partial charge is 0.247 e. The molecular formula is C16H21N3O2. The first-order valence-electron chi connectivity index (χ1n) is 7.47. The quantitative estimate of drug-likeness (QED) is 0.934. The van der Waals surface area contributed by atoms with Crippen LogP contribution in [0.2, 0.25) is 0 Å². The molecule has 0 aliphatic carbocycles. The number of aromatic nitrogens is 2. The molecule has 0 amide bonds. The van der Waals surface area contributed by atoms with Crippen LogP contribution < -0.4 is 0 Å². The van der Waals surface area contributed by atoms with Crippen LogP contribution in [0.3, 0.4) is 0 Å². The molecule has 0 bridgehead atoms. The summed E-state index contributed by atoms with van der Waals surface area (Å²) in [4.78, 5) is 2.27. The molecule has 1 atom stereocenters. The number of aliphatic hydroxyl groups excluding tert-OH is 1. The molecule has 2 heterocycles. The van der Waals surface area contributed by atoms with E-state index in [4.69, 9.17) is 4.42 Å². The number of piperidine rings is 1. The predicted molar refractivity (Wildman–Crippen MR) is 79.6 cm³/mol. The van der Waals surface area contributed by atoms with Crippen LogP contribution in [-0.2, 0) is 6.54 Å². The molecule has 2 aromatic rings. The van der Waals surface area contributed by atoms with Crippen molar-refractivity contribution in [2.24, 2.45) is 5.92 Å². The first kappa shape index (κ1) is 14.2. The summed E-state index contributed by atoms with van der Waals surface area (Å²) in [5, 5.41) is 17.5. The molecule has 5 nitrogen and oxygen atoms in total. The number of likely N-dealkylation sites (tertiary alicyclic amines) is 1. The molecule has 21 heavy (non-hydrogen) atoms. The zero-order valence-corrected chi connectivity index (χ0v) is 12.3. The number of hydrogen-bond acceptors (Lipinski definition) is 5. The Morgan fingerprint density at radius 1 is 1.29 bits per heavy atom. The van der Waals surface area contributed by atoms with Gasteiger partial charge in [0.05, 0.1) is 6.54 Å². The van der Waals surface area contributed by atoms with E-state index in [1.807, 2.05) is 24.3 Å². The van der Waals surface area contributed by atoms with Gasteiger partial charge in [-0.05, 0) is 44.4 Å². The van der Waals surface area contributed by atoms with E-state index in [1.54, 1.807) is 0 Å². The van der Waals surface area contributed by atoms with E-state index in [0.717, 1.165) is 31.5 Å². The fourth-order valence-electron chi connectivity index (χ4n) is 2.77. The Labute approximate surface area is 124 Å². The molecule has 1 aromatic carbocycles. The number of aliphatic hydroxyl groups is 1. The van der Waals surface area contributed by atoms with E-state index in [2.05, 4.69) is 22.0 Å². The Balaban J connectivity index is 1.66. The topological polar surface area (TPSA) is 62.4 Å². The minimum absolute atomic E-state index is 0.259. The third-order valence-corrected chi connectivity index (χ3v) is 3.99. The molecule has 1 aliphatic rings. The molecule has 0 saturated carbocycles. The molecule has 1 aliphatic heterocycles. The molecule has 1 N–H and O–H groups in total. The fourth-order valence-corrected chi connectivity index (χ4v) is 2.77. The highest BCUT2D eigenvalue weighted by Gasteiger charge is 2.21. The maximum atomic E-state index is 9.27. The zero-order chi connectivity index (χ0) is 14.7. The van der Waals surface area contributed by atoms with E-state index >= 15 is 0 Å². The molecule has 5 heteroatoms. The number of rotatable bonds is 4. The maximum absolute atomic E-state index is 9.27. The lowest BCUT2D eigenvalue weighted by Gasteiger charge is -2.30. The van der Waals surface area contributed by atoms with E-state index in [0.29, 0.717) is 24.2 Å². The minimum Gasteiger partial charge on any atom is -0.419 e. The monoisotopic (exact) mass is 287 g/mol. The second-order valence-electron chi connectivity index (χ2n) is 5.79. The molecule has 1 unspecified atom stereocenters. The number of aryl methyl sites for hydroxylation is 1. The summed E-state index contributed by atoms with van der Waals surface area (Å²) in [5.74, 6) is 1.59. The van der Waals surface area contributed by atoms with Gasteiger partial charge in [-0.15, -0.1) is 10.2 Å². The maximum Gasteiger partial charge on any atom is 0.247 e. The van der Waals surface area contributed by atoms with Crippen molar-refractivity contribution in [3.63, 3.8) is 0 Å². The van der Waals surface area contributed by atoms with Crippen molar-refractivity contribution in [3.05, 3.63) is 35.7 Å². The van der Waals surface area contributed by atoms with Gasteiger partial charge in [0, 0.05) is 18.7 Å². The van der Waals surface area contributed by atoms with Crippen molar-refractivity contribution < 1.29 is 9.52 Å². The number of nitrogens with zero attached hydrogens (tertiary/aromatic N) is 3. The standard InChI is InChI=1S/C16H21N3O2/c1-12-4-6-14(7-5-12)16-18-17-15(21-16)10-19-8-2-3-13(9-19)11-20/h4-7,13,20H,2-3,8-11H2,1H3. The first-order chi connectivity index (χ1) is 10.2. The SMILES string of the molecule is Cc1ccc(-c2nnc(CN3CCCC(CO)C3)o2)cc1. The summed E-state index contributed by atoms with van der Waals surface area (Å²) in [5.41, 5.74) is 2.16. The Kier molecular flexibility index (Phi) is 4.31. The zero-order valence-electron chi connectivity index (χ0n) is 12.3. The summed E-state index contributed by atoms with van der Waals surface area (Å²) >= 11 is 0. The van der Waals surface area contributed by atoms with Gasteiger partial charge in [0.25, 0.3) is 0 Å². The number of hydrogen-bond donors (Lipinski definition) is 1. The Bertz CT molecular complexity index is 579. The van der Waals surface area contributed by atoms with E-state index in [9.17, 15) is 5.11 Å². The van der Waals surface area contributed by atoms with Crippen LogP contribution in [0.25, 0.3) is 11.5 Å². The van der Waals surface area contributed by atoms with Gasteiger partial charge in [0.1, 0.15) is 0 Å². The molecule has 3 rings (SSSR count). The summed E-state index contributed by atoms with van der Waals surface area (Å²) in [6.45, 7) is 4.90. The lowest BCUT2D eigenvalue weighted by molar-refractivity contribution is 0.109. The van der Waals surface area contributed by atoms with Crippen molar-refractivity contribution in [3.8, 4) is 11.5 Å². The van der Waals surface area contributed by atoms with Gasteiger partial charge in [-0.25, -0.2) is 0 Å². The summed E-state index contributed by atoms with van der Waals surface area (Å²) in [6.07, 6.45) is 2.22. The first-order valence-corrected chi connectivity index (χ1v) is 7.47. The van der Waals surface area contributed by atoms with Crippen LogP contribution in [-0.4, -0.2) is 39.9 Å². The highest BCUT2D eigenvalue weighted by Crippen LogP contribution is 2.21. The van der Waals surface area contributed by atoms with Crippen LogP contribution in [0.1, 0.15) is 24.3 Å². The van der Waals surface area contributed by atoms with Crippen LogP contribution in [0.4, 0.5) is 0 Å². The van der Waals surface area contributed by atoms with Crippen molar-refractivity contribution in [2.45, 2.75) is 26.3 Å². The molecular weight excluding hydrogens is 266 g/mol. The minimum atomic E-state index is 0.259. The second kappa shape index (κ2) is 6.37. The van der Waals surface area contributed by atoms with Gasteiger partial charge < -0.3 is 9.52 Å². The summed E-state index contributed by atoms with van der Waals surface area (Å²) in [6, 6.07) is 8.07. The molecule has 0 spiro atoms. The van der Waals surface area contributed by atoms with Gasteiger partial charge in [0.15, 0.2) is 0 Å². The summed E-state index contributed by atoms with van der Waals surface area (Å²) < 4.78 is 5.75. The Morgan fingerprint density at radius 2 is 2.10 bits per heavy atom. The van der Waals surface area contributed by atoms with Crippen molar-refractivity contribution >= 4 is 0 Å². The average molecular weight is 287 g/mol. The molecule has 0 radical (unpaired) electrons. The number of benzene rings is 1. The van der Waals surface area contributed by atoms with Gasteiger partial charge in [-0.2, -0.15) is 0 Å². The Hall–Kier alpha value is -1.72. The van der Waals surface area contributed by atoms with Gasteiger partial charge in [0.2, 0.25) is 11.8 Å². The molecule has 1 aromatic heterocycles. The van der Waals surface area contributed by atoms with Crippen LogP contribution in [0, 0.1) is 12.8 Å². The Morgan fingerprint density at radius 3 is 2.86 bits per heavy atom. The third-order valence-electron chi connectivity index (χ3n) is 3.99. The van der Waals surface area contributed by atoms with Gasteiger partial charge in [-0.3, -0.25) is 4.90 Å². The second-order valence-corrected chi connectivity index (χ2v) is 5.79. The van der Waals surface area contributed by atoms with E-state index < -0.39 is 0 Å². The van der Waals surface area contributed by atoms with Gasteiger partial charge >= 0.3 is 0 Å². The lowest BCUT2D eigenvalue weighted by atomic mass is 9.99. The highest BCUT2D eigenvalue weighted by atomic mass is 16.4. The van der Waals surface area contributed by atoms with Crippen molar-refractivity contribution in [1.29, 1.82) is 0 Å². The van der Waals surface area contributed by atoms with Crippen LogP contribution >= 0.6 is 0 Å². The van der Waals surface area contributed by atoms with Crippen LogP contribution in [0.15, 0.2) is 28.7 Å². The molecule has 112 valence electrons. The average Bonchev–Trinajstić information content (AvgIpc) is 2.96. The van der Waals surface area contributed by atoms with E-state index in [1.165, 1.54) is 5.56 Å². The van der Waals surface area contributed by atoms with Gasteiger partial charge in [-0.1, -0.05) is 17.7 Å². The lowest BCUT2D eigenvalue weighted by Crippen LogP contribution is -2.36.